The van der Waals surface area contributed by atoms with Gasteiger partial charge in [-0.05, 0) is 65.1 Å². The highest BCUT2D eigenvalue weighted by Gasteiger charge is 2.41. The molecule has 30 heavy (non-hydrogen) atoms. The molecule has 4 rings (SSSR count). The van der Waals surface area contributed by atoms with Crippen molar-refractivity contribution in [1.82, 2.24) is 15.0 Å². The second kappa shape index (κ2) is 8.63. The number of hydrogen-bond donors (Lipinski definition) is 2. The number of aromatic nitrogens is 2. The molecular formula is C20H24BrN5O4. The van der Waals surface area contributed by atoms with Gasteiger partial charge in [0, 0.05) is 36.4 Å². The van der Waals surface area contributed by atoms with Crippen LogP contribution in [0.5, 0.6) is 0 Å². The van der Waals surface area contributed by atoms with Crippen LogP contribution in [-0.4, -0.2) is 51.8 Å². The summed E-state index contributed by atoms with van der Waals surface area (Å²) in [6, 6.07) is 5.45. The van der Waals surface area contributed by atoms with Crippen LogP contribution in [0.2, 0.25) is 0 Å². The van der Waals surface area contributed by atoms with Crippen LogP contribution in [0.25, 0.3) is 0 Å². The third-order valence-electron chi connectivity index (χ3n) is 6.12. The fourth-order valence-electron chi connectivity index (χ4n) is 4.68. The van der Waals surface area contributed by atoms with E-state index in [1.807, 2.05) is 18.3 Å². The van der Waals surface area contributed by atoms with Crippen molar-refractivity contribution in [3.05, 3.63) is 40.3 Å². The first-order valence-corrected chi connectivity index (χ1v) is 10.8. The Kier molecular flexibility index (Phi) is 5.94. The highest BCUT2D eigenvalue weighted by Crippen LogP contribution is 2.43. The topological polar surface area (TPSA) is 126 Å². The molecule has 1 saturated carbocycles. The molecule has 0 aromatic carbocycles. The number of hydrogen-bond acceptors (Lipinski definition) is 6. The first kappa shape index (κ1) is 20.6. The molecule has 9 nitrogen and oxygen atoms in total. The van der Waals surface area contributed by atoms with E-state index in [4.69, 9.17) is 10.3 Å². The van der Waals surface area contributed by atoms with Crippen molar-refractivity contribution in [3.63, 3.8) is 0 Å². The number of nitrogens with two attached hydrogens (primary N) is 1. The normalized spacial score (nSPS) is 22.8. The van der Waals surface area contributed by atoms with Gasteiger partial charge in [0.15, 0.2) is 11.5 Å². The Bertz CT molecular complexity index is 904. The molecule has 10 heteroatoms. The van der Waals surface area contributed by atoms with E-state index in [2.05, 4.69) is 31.0 Å². The van der Waals surface area contributed by atoms with Crippen molar-refractivity contribution in [1.29, 1.82) is 0 Å². The first-order valence-electron chi connectivity index (χ1n) is 9.99. The van der Waals surface area contributed by atoms with E-state index in [0.717, 1.165) is 42.6 Å². The molecule has 160 valence electrons. The molecule has 2 aromatic heterocycles. The number of anilines is 1. The highest BCUT2D eigenvalue weighted by atomic mass is 79.9. The smallest absolute Gasteiger partial charge is 0.407 e. The molecular weight excluding hydrogens is 454 g/mol. The van der Waals surface area contributed by atoms with Gasteiger partial charge in [0.25, 0.3) is 5.91 Å². The lowest BCUT2D eigenvalue weighted by molar-refractivity contribution is 0.0990. The zero-order valence-electron chi connectivity index (χ0n) is 16.4. The van der Waals surface area contributed by atoms with Crippen LogP contribution in [0.15, 0.2) is 33.4 Å². The molecule has 3 heterocycles. The van der Waals surface area contributed by atoms with Crippen molar-refractivity contribution in [2.24, 2.45) is 23.5 Å². The van der Waals surface area contributed by atoms with Gasteiger partial charge < -0.3 is 25.2 Å². The van der Waals surface area contributed by atoms with Gasteiger partial charge in [0.1, 0.15) is 5.82 Å². The molecule has 3 N–H and O–H groups in total. The lowest BCUT2D eigenvalue weighted by Crippen LogP contribution is -2.31. The predicted molar refractivity (Wildman–Crippen MR) is 112 cm³/mol. The monoisotopic (exact) mass is 477 g/mol. The van der Waals surface area contributed by atoms with Crippen molar-refractivity contribution in [3.8, 4) is 0 Å². The SMILES string of the molecule is NC(=O)c1cc(CN(CC[C@@H]2C[C@@H]3CN(c4ccc(Br)cn4)C[C@@H]3C2)C(=O)O)on1. The Hall–Kier alpha value is -2.62. The third-order valence-corrected chi connectivity index (χ3v) is 6.59. The van der Waals surface area contributed by atoms with Crippen LogP contribution in [0.4, 0.5) is 10.6 Å². The summed E-state index contributed by atoms with van der Waals surface area (Å²) in [6.07, 6.45) is 3.84. The summed E-state index contributed by atoms with van der Waals surface area (Å²) >= 11 is 3.42. The molecule has 1 saturated heterocycles. The summed E-state index contributed by atoms with van der Waals surface area (Å²) in [5.41, 5.74) is 5.16. The maximum absolute atomic E-state index is 11.6. The van der Waals surface area contributed by atoms with Gasteiger partial charge in [-0.1, -0.05) is 5.16 Å². The number of carboxylic acid groups (broad SMARTS) is 1. The van der Waals surface area contributed by atoms with Crippen LogP contribution in [0.3, 0.4) is 0 Å². The number of nitrogens with zero attached hydrogens (tertiary/aromatic N) is 4. The number of carbonyl (C=O) groups is 2. The summed E-state index contributed by atoms with van der Waals surface area (Å²) in [4.78, 5) is 30.9. The molecule has 0 radical (unpaired) electrons. The maximum Gasteiger partial charge on any atom is 0.407 e. The third kappa shape index (κ3) is 4.58. The summed E-state index contributed by atoms with van der Waals surface area (Å²) in [7, 11) is 0. The summed E-state index contributed by atoms with van der Waals surface area (Å²) < 4.78 is 6.01. The number of pyridine rings is 1. The van der Waals surface area contributed by atoms with Crippen LogP contribution in [-0.2, 0) is 6.54 Å². The van der Waals surface area contributed by atoms with E-state index in [0.29, 0.717) is 30.1 Å². The first-order chi connectivity index (χ1) is 14.4. The molecule has 0 bridgehead atoms. The summed E-state index contributed by atoms with van der Waals surface area (Å²) in [5, 5.41) is 13.1. The average molecular weight is 478 g/mol. The van der Waals surface area contributed by atoms with Gasteiger partial charge in [-0.15, -0.1) is 0 Å². The largest absolute Gasteiger partial charge is 0.465 e. The Morgan fingerprint density at radius 1 is 1.30 bits per heavy atom. The summed E-state index contributed by atoms with van der Waals surface area (Å²) in [5.74, 6) is 2.41. The van der Waals surface area contributed by atoms with E-state index in [9.17, 15) is 14.7 Å². The zero-order chi connectivity index (χ0) is 21.3. The number of fused-ring (bicyclic) bond motifs is 1. The van der Waals surface area contributed by atoms with Gasteiger partial charge in [-0.3, -0.25) is 4.79 Å². The number of halogens is 1. The number of carbonyl (C=O) groups excluding carboxylic acids is 1. The molecule has 2 aliphatic rings. The lowest BCUT2D eigenvalue weighted by atomic mass is 10.0. The number of rotatable bonds is 7. The van der Waals surface area contributed by atoms with Gasteiger partial charge in [-0.2, -0.15) is 0 Å². The zero-order valence-corrected chi connectivity index (χ0v) is 18.0. The number of amides is 2. The molecule has 1 aliphatic heterocycles. The van der Waals surface area contributed by atoms with Crippen molar-refractivity contribution < 1.29 is 19.2 Å². The highest BCUT2D eigenvalue weighted by molar-refractivity contribution is 9.10. The van der Waals surface area contributed by atoms with E-state index < -0.39 is 12.0 Å². The minimum Gasteiger partial charge on any atom is -0.465 e. The second-order valence-electron chi connectivity index (χ2n) is 8.13. The average Bonchev–Trinajstić information content (AvgIpc) is 3.40. The van der Waals surface area contributed by atoms with Crippen LogP contribution in [0, 0.1) is 17.8 Å². The van der Waals surface area contributed by atoms with Gasteiger partial charge in [0.05, 0.1) is 6.54 Å². The molecule has 2 amide bonds. The van der Waals surface area contributed by atoms with Gasteiger partial charge in [0.2, 0.25) is 0 Å². The quantitative estimate of drug-likeness (QED) is 0.627. The Balaban J connectivity index is 1.27. The standard InChI is InChI=1S/C20H24BrN5O4/c21-15-1-2-18(23-8-15)26-9-13-5-12(6-14(13)10-26)3-4-25(20(28)29)11-16-7-17(19(22)27)24-30-16/h1-2,7-8,12-14H,3-6,9-11H2,(H2,22,27)(H,28,29)/t12-,13-,14+. The van der Waals surface area contributed by atoms with E-state index in [-0.39, 0.29) is 12.2 Å². The van der Waals surface area contributed by atoms with Gasteiger partial charge in [-0.25, -0.2) is 9.78 Å². The van der Waals surface area contributed by atoms with Crippen LogP contribution >= 0.6 is 15.9 Å². The van der Waals surface area contributed by atoms with Crippen LogP contribution in [0.1, 0.15) is 35.5 Å². The molecule has 2 aromatic rings. The summed E-state index contributed by atoms with van der Waals surface area (Å²) in [6.45, 7) is 2.49. The Labute approximate surface area is 182 Å². The molecule has 3 atom stereocenters. The molecule has 0 spiro atoms. The minimum atomic E-state index is -1.02. The van der Waals surface area contributed by atoms with Crippen molar-refractivity contribution >= 4 is 33.7 Å². The minimum absolute atomic E-state index is 0.00350. The molecule has 2 fully saturated rings. The lowest BCUT2D eigenvalue weighted by Gasteiger charge is -2.22. The molecule has 1 aliphatic carbocycles. The molecule has 0 unspecified atom stereocenters. The Morgan fingerprint density at radius 3 is 2.60 bits per heavy atom. The van der Waals surface area contributed by atoms with Crippen molar-refractivity contribution in [2.75, 3.05) is 24.5 Å². The number of primary amides is 1. The fraction of sp³-hybridized carbons (Fsp3) is 0.500. The van der Waals surface area contributed by atoms with E-state index >= 15 is 0 Å². The van der Waals surface area contributed by atoms with Crippen molar-refractivity contribution in [2.45, 2.75) is 25.8 Å². The second-order valence-corrected chi connectivity index (χ2v) is 9.05. The fourth-order valence-corrected chi connectivity index (χ4v) is 4.91. The predicted octanol–water partition coefficient (Wildman–Crippen LogP) is 2.96. The van der Waals surface area contributed by atoms with E-state index in [1.165, 1.54) is 11.0 Å². The van der Waals surface area contributed by atoms with E-state index in [1.54, 1.807) is 0 Å². The van der Waals surface area contributed by atoms with Crippen LogP contribution < -0.4 is 10.6 Å². The van der Waals surface area contributed by atoms with Gasteiger partial charge >= 0.3 is 6.09 Å². The Morgan fingerprint density at radius 2 is 2.03 bits per heavy atom. The maximum atomic E-state index is 11.6.